The van der Waals surface area contributed by atoms with E-state index in [-0.39, 0.29) is 58.0 Å². The van der Waals surface area contributed by atoms with Crippen LogP contribution >= 0.6 is 0 Å². The van der Waals surface area contributed by atoms with Crippen LogP contribution in [0.25, 0.3) is 0 Å². The second-order valence-corrected chi connectivity index (χ2v) is 2.57. The molecule has 0 saturated heterocycles. The molecule has 0 aromatic carbocycles. The van der Waals surface area contributed by atoms with Gasteiger partial charge in [0.15, 0.2) is 0 Å². The number of aliphatic hydroxyl groups is 2. The van der Waals surface area contributed by atoms with E-state index in [1.54, 1.807) is 0 Å². The van der Waals surface area contributed by atoms with E-state index in [2.05, 4.69) is 0 Å². The Balaban J connectivity index is 0. The minimum Gasteiger partial charge on any atom is -0.562 e. The molecule has 7 heteroatoms. The maximum atomic E-state index is 9.68. The van der Waals surface area contributed by atoms with Gasteiger partial charge in [0.05, 0.1) is 5.44 Å². The van der Waals surface area contributed by atoms with Gasteiger partial charge < -0.3 is 10.2 Å². The fourth-order valence-corrected chi connectivity index (χ4v) is 0.231. The Morgan fingerprint density at radius 2 is 1.78 bits per heavy atom. The Morgan fingerprint density at radius 3 is 1.78 bits per heavy atom. The van der Waals surface area contributed by atoms with Crippen molar-refractivity contribution in [2.24, 2.45) is 0 Å². The molecule has 0 heterocycles. The zero-order valence-electron chi connectivity index (χ0n) is 4.72. The van der Waals surface area contributed by atoms with Crippen molar-refractivity contribution < 1.29 is 74.6 Å². The average Bonchev–Trinajstić information content (AvgIpc) is 1.62. The van der Waals surface area contributed by atoms with Gasteiger partial charge in [0.1, 0.15) is 0 Å². The first-order valence-corrected chi connectivity index (χ1v) is 3.10. The van der Waals surface area contributed by atoms with Crippen molar-refractivity contribution >= 4 is 10.1 Å². The van der Waals surface area contributed by atoms with E-state index in [0.717, 1.165) is 0 Å². The van der Waals surface area contributed by atoms with Crippen molar-refractivity contribution in [1.29, 1.82) is 0 Å². The molecule has 0 aromatic heterocycles. The van der Waals surface area contributed by atoms with Crippen LogP contribution in [-0.2, 0) is 10.1 Å². The van der Waals surface area contributed by atoms with E-state index in [1.807, 2.05) is 0 Å². The first-order chi connectivity index (χ1) is 3.48. The smallest absolute Gasteiger partial charge is 0.562 e. The summed E-state index contributed by atoms with van der Waals surface area (Å²) in [6.45, 7) is -0.0324. The van der Waals surface area contributed by atoms with E-state index < -0.39 is 15.6 Å². The van der Waals surface area contributed by atoms with Crippen LogP contribution in [0.3, 0.4) is 0 Å². The number of hydrogen-bond donors (Lipinski definition) is 3. The fraction of sp³-hybridized carbons (Fsp3) is 0.500. The Hall–Kier alpha value is 1.47. The molecule has 50 valence electrons. The molecule has 0 bridgehead atoms. The number of aliphatic hydroxyl groups excluding tert-OH is 2. The monoisotopic (exact) mass is 180 g/mol. The van der Waals surface area contributed by atoms with E-state index >= 15 is 0 Å². The van der Waals surface area contributed by atoms with Crippen molar-refractivity contribution in [2.45, 2.75) is 5.44 Å². The Kier molecular flexibility index (Phi) is 7.50. The van der Waals surface area contributed by atoms with Gasteiger partial charge in [0.2, 0.25) is 0 Å². The van der Waals surface area contributed by atoms with Crippen molar-refractivity contribution in [2.75, 3.05) is 0 Å². The molecule has 0 radical (unpaired) electrons. The molecule has 3 N–H and O–H groups in total. The predicted molar refractivity (Wildman–Crippen MR) is 23.8 cm³/mol. The molecule has 1 unspecified atom stereocenters. The zero-order chi connectivity index (χ0) is 6.78. The Morgan fingerprint density at radius 1 is 1.44 bits per heavy atom. The van der Waals surface area contributed by atoms with Gasteiger partial charge in [-0.05, 0) is 0 Å². The largest absolute Gasteiger partial charge is 1.00 e. The van der Waals surface area contributed by atoms with Gasteiger partial charge in [0.25, 0.3) is 10.1 Å². The molecule has 0 spiro atoms. The van der Waals surface area contributed by atoms with Gasteiger partial charge in [-0.15, -0.1) is 0 Å². The van der Waals surface area contributed by atoms with Gasteiger partial charge in [-0.2, -0.15) is 15.0 Å². The maximum Gasteiger partial charge on any atom is 1.00 e. The van der Waals surface area contributed by atoms with Crippen molar-refractivity contribution in [3.8, 4) is 0 Å². The Bertz CT molecular complexity index is 150. The summed E-state index contributed by atoms with van der Waals surface area (Å²) < 4.78 is 27.2. The van der Waals surface area contributed by atoms with Crippen LogP contribution < -0.4 is 51.4 Å². The third-order valence-electron chi connectivity index (χ3n) is 0.433. The molecule has 1 atom stereocenters. The standard InChI is InChI=1S/C2H5O5S.K/c3-1-2(4)8(5,6)7;/h1-4H,(H,5,6,7);/q-1;+1. The minimum absolute atomic E-state index is 0. The van der Waals surface area contributed by atoms with Crippen LogP contribution in [0, 0.1) is 6.61 Å². The molecule has 0 aromatic rings. The van der Waals surface area contributed by atoms with Crippen LogP contribution in [0.1, 0.15) is 0 Å². The molecular weight excluding hydrogens is 175 g/mol. The SMILES string of the molecule is O=S(=O)(O)C(O)[CH-]O.[K+]. The quantitative estimate of drug-likeness (QED) is 0.227. The normalized spacial score (nSPS) is 14.1. The molecule has 0 aliphatic rings. The van der Waals surface area contributed by atoms with E-state index in [9.17, 15) is 8.42 Å². The van der Waals surface area contributed by atoms with Crippen LogP contribution in [0.5, 0.6) is 0 Å². The van der Waals surface area contributed by atoms with Gasteiger partial charge in [-0.25, -0.2) is 0 Å². The second kappa shape index (κ2) is 5.16. The summed E-state index contributed by atoms with van der Waals surface area (Å²) in [7, 11) is -4.50. The van der Waals surface area contributed by atoms with Crippen LogP contribution in [-0.4, -0.2) is 28.6 Å². The first-order valence-electron chi connectivity index (χ1n) is 1.60. The van der Waals surface area contributed by atoms with E-state index in [0.29, 0.717) is 0 Å². The van der Waals surface area contributed by atoms with Crippen molar-refractivity contribution in [3.05, 3.63) is 6.61 Å². The zero-order valence-corrected chi connectivity index (χ0v) is 8.66. The summed E-state index contributed by atoms with van der Waals surface area (Å²) in [5.41, 5.74) is -2.19. The summed E-state index contributed by atoms with van der Waals surface area (Å²) in [6, 6.07) is 0. The summed E-state index contributed by atoms with van der Waals surface area (Å²) in [5.74, 6) is 0. The fourth-order valence-electron chi connectivity index (χ4n) is 0.0769. The summed E-state index contributed by atoms with van der Waals surface area (Å²) in [4.78, 5) is 0. The first kappa shape index (κ1) is 13.1. The van der Waals surface area contributed by atoms with Crippen LogP contribution in [0.4, 0.5) is 0 Å². The van der Waals surface area contributed by atoms with Crippen LogP contribution in [0.15, 0.2) is 0 Å². The molecule has 9 heavy (non-hydrogen) atoms. The summed E-state index contributed by atoms with van der Waals surface area (Å²) in [6.07, 6.45) is 0. The third kappa shape index (κ3) is 5.89. The molecule has 0 amide bonds. The topological polar surface area (TPSA) is 94.8 Å². The average molecular weight is 180 g/mol. The predicted octanol–water partition coefficient (Wildman–Crippen LogP) is -4.27. The Labute approximate surface area is 95.2 Å². The van der Waals surface area contributed by atoms with Gasteiger partial charge in [0, 0.05) is 0 Å². The minimum atomic E-state index is -4.50. The van der Waals surface area contributed by atoms with E-state index in [4.69, 9.17) is 14.8 Å². The van der Waals surface area contributed by atoms with Gasteiger partial charge >= 0.3 is 51.4 Å². The third-order valence-corrected chi connectivity index (χ3v) is 1.16. The van der Waals surface area contributed by atoms with Gasteiger partial charge in [-0.1, -0.05) is 0 Å². The van der Waals surface area contributed by atoms with Crippen molar-refractivity contribution in [3.63, 3.8) is 0 Å². The summed E-state index contributed by atoms with van der Waals surface area (Å²) in [5, 5.41) is 15.8. The molecule has 0 saturated carbocycles. The van der Waals surface area contributed by atoms with Gasteiger partial charge in [-0.3, -0.25) is 4.55 Å². The van der Waals surface area contributed by atoms with Crippen molar-refractivity contribution in [1.82, 2.24) is 0 Å². The second-order valence-electron chi connectivity index (χ2n) is 1.05. The van der Waals surface area contributed by atoms with Crippen LogP contribution in [0.2, 0.25) is 0 Å². The molecule has 0 rings (SSSR count). The molecule has 5 nitrogen and oxygen atoms in total. The molecule has 0 fully saturated rings. The van der Waals surface area contributed by atoms with E-state index in [1.165, 1.54) is 0 Å². The summed E-state index contributed by atoms with van der Waals surface area (Å²) >= 11 is 0. The number of hydrogen-bond acceptors (Lipinski definition) is 4. The molecular formula is C2H5KO5S. The number of rotatable bonds is 2. The molecule has 0 aliphatic heterocycles. The molecule has 0 aliphatic carbocycles. The maximum absolute atomic E-state index is 9.68.